The molecule has 3 atom stereocenters. The summed E-state index contributed by atoms with van der Waals surface area (Å²) in [6.45, 7) is 9.31. The average molecular weight is 491 g/mol. The fourth-order valence-corrected chi connectivity index (χ4v) is 3.80. The van der Waals surface area contributed by atoms with Gasteiger partial charge in [0.1, 0.15) is 29.8 Å². The lowest BCUT2D eigenvalue weighted by atomic mass is 9.93. The summed E-state index contributed by atoms with van der Waals surface area (Å²) in [6.07, 6.45) is 1.77. The van der Waals surface area contributed by atoms with Crippen LogP contribution in [0.15, 0.2) is 36.5 Å². The van der Waals surface area contributed by atoms with E-state index < -0.39 is 35.9 Å². The van der Waals surface area contributed by atoms with Gasteiger partial charge in [0, 0.05) is 12.3 Å². The number of hydrogen-bond donors (Lipinski definition) is 2. The molecule has 0 aliphatic rings. The van der Waals surface area contributed by atoms with Gasteiger partial charge in [0.2, 0.25) is 0 Å². The molecule has 8 nitrogen and oxygen atoms in total. The number of benzene rings is 1. The van der Waals surface area contributed by atoms with E-state index in [0.717, 1.165) is 12.8 Å². The normalized spacial score (nSPS) is 13.7. The number of methoxy groups -OCH3 is 1. The van der Waals surface area contributed by atoms with Gasteiger partial charge in [0.05, 0.1) is 7.11 Å². The lowest BCUT2D eigenvalue weighted by Gasteiger charge is -2.32. The van der Waals surface area contributed by atoms with E-state index in [4.69, 9.17) is 14.2 Å². The van der Waals surface area contributed by atoms with Crippen molar-refractivity contribution >= 4 is 11.9 Å². The molecule has 192 valence electrons. The van der Waals surface area contributed by atoms with Crippen LogP contribution in [-0.4, -0.2) is 47.3 Å². The molecular formula is C26H35FN2O6. The van der Waals surface area contributed by atoms with E-state index in [1.165, 1.54) is 43.6 Å². The van der Waals surface area contributed by atoms with Crippen LogP contribution in [0.25, 0.3) is 0 Å². The number of carbonyl (C=O) groups excluding carboxylic acids is 2. The van der Waals surface area contributed by atoms with Crippen molar-refractivity contribution in [2.75, 3.05) is 7.11 Å². The first-order chi connectivity index (χ1) is 16.6. The lowest BCUT2D eigenvalue weighted by molar-refractivity contribution is -0.158. The number of pyridine rings is 1. The van der Waals surface area contributed by atoms with Crippen LogP contribution in [0.2, 0.25) is 0 Å². The van der Waals surface area contributed by atoms with Crippen molar-refractivity contribution in [3.8, 4) is 17.2 Å². The predicted molar refractivity (Wildman–Crippen MR) is 129 cm³/mol. The molecule has 9 heteroatoms. The second-order valence-electron chi connectivity index (χ2n) is 8.66. The molecule has 0 radical (unpaired) electrons. The smallest absolute Gasteiger partial charge is 0.329 e. The van der Waals surface area contributed by atoms with Crippen LogP contribution in [0.3, 0.4) is 0 Å². The molecule has 0 fully saturated rings. The van der Waals surface area contributed by atoms with E-state index in [-0.39, 0.29) is 29.1 Å². The quantitative estimate of drug-likeness (QED) is 0.422. The minimum absolute atomic E-state index is 0.0767. The second kappa shape index (κ2) is 12.9. The van der Waals surface area contributed by atoms with Gasteiger partial charge in [-0.25, -0.2) is 14.2 Å². The van der Waals surface area contributed by atoms with E-state index in [2.05, 4.69) is 10.3 Å². The number of rotatable bonds is 12. The monoisotopic (exact) mass is 490 g/mol. The van der Waals surface area contributed by atoms with E-state index in [1.807, 2.05) is 13.8 Å². The number of amides is 1. The maximum Gasteiger partial charge on any atom is 0.329 e. The Labute approximate surface area is 205 Å². The number of ether oxygens (including phenoxy) is 3. The number of hydrogen-bond acceptors (Lipinski definition) is 7. The molecule has 0 aliphatic heterocycles. The number of halogens is 1. The first-order valence-electron chi connectivity index (χ1n) is 11.8. The topological polar surface area (TPSA) is 107 Å². The third-order valence-corrected chi connectivity index (χ3v) is 5.89. The molecule has 0 saturated heterocycles. The highest BCUT2D eigenvalue weighted by Gasteiger charge is 2.34. The molecule has 2 N–H and O–H groups in total. The van der Waals surface area contributed by atoms with Crippen molar-refractivity contribution in [1.82, 2.24) is 10.3 Å². The Morgan fingerprint density at radius 1 is 1.09 bits per heavy atom. The summed E-state index contributed by atoms with van der Waals surface area (Å²) in [7, 11) is 1.36. The van der Waals surface area contributed by atoms with Gasteiger partial charge in [-0.3, -0.25) is 4.79 Å². The van der Waals surface area contributed by atoms with Gasteiger partial charge in [0.25, 0.3) is 5.91 Å². The Morgan fingerprint density at radius 2 is 1.71 bits per heavy atom. The molecule has 2 rings (SSSR count). The maximum absolute atomic E-state index is 13.3. The van der Waals surface area contributed by atoms with Crippen LogP contribution < -0.4 is 14.8 Å². The minimum atomic E-state index is -0.995. The molecule has 2 aromatic rings. The third-order valence-electron chi connectivity index (χ3n) is 5.89. The highest BCUT2D eigenvalue weighted by molar-refractivity contribution is 5.98. The summed E-state index contributed by atoms with van der Waals surface area (Å²) in [4.78, 5) is 29.8. The fraction of sp³-hybridized carbons (Fsp3) is 0.500. The zero-order valence-electron chi connectivity index (χ0n) is 21.1. The summed E-state index contributed by atoms with van der Waals surface area (Å²) in [6, 6.07) is 6.10. The van der Waals surface area contributed by atoms with Gasteiger partial charge in [-0.15, -0.1) is 0 Å². The van der Waals surface area contributed by atoms with Crippen LogP contribution >= 0.6 is 0 Å². The van der Waals surface area contributed by atoms with E-state index in [0.29, 0.717) is 5.75 Å². The number of carbonyl (C=O) groups is 2. The van der Waals surface area contributed by atoms with Gasteiger partial charge in [-0.05, 0) is 55.9 Å². The molecule has 1 amide bonds. The molecule has 0 spiro atoms. The first kappa shape index (κ1) is 27.9. The summed E-state index contributed by atoms with van der Waals surface area (Å²) in [5, 5.41) is 12.8. The van der Waals surface area contributed by atoms with Crippen LogP contribution in [-0.2, 0) is 9.53 Å². The standard InChI is InChI=1S/C26H35FN2O6/c1-7-17(8-2)24(35-19-11-9-18(27)10-12-19)16(5)34-26(32)21(15(3)4)29-25(31)22-23(30)20(33-6)13-14-28-22/h9-17,21,24,30H,7-8H2,1-6H3,(H,29,31)/t16-,21-,24-/m0/s1. The third kappa shape index (κ3) is 7.31. The first-order valence-corrected chi connectivity index (χ1v) is 11.8. The van der Waals surface area contributed by atoms with Gasteiger partial charge in [0.15, 0.2) is 17.2 Å². The Morgan fingerprint density at radius 3 is 2.26 bits per heavy atom. The Hall–Kier alpha value is -3.36. The van der Waals surface area contributed by atoms with Crippen molar-refractivity contribution in [1.29, 1.82) is 0 Å². The average Bonchev–Trinajstić information content (AvgIpc) is 2.83. The van der Waals surface area contributed by atoms with Crippen LogP contribution in [0.5, 0.6) is 17.2 Å². The molecule has 0 saturated carbocycles. The van der Waals surface area contributed by atoms with Crippen LogP contribution in [0, 0.1) is 17.7 Å². The zero-order valence-corrected chi connectivity index (χ0v) is 21.1. The van der Waals surface area contributed by atoms with Gasteiger partial charge >= 0.3 is 5.97 Å². The number of aromatic hydroxyl groups is 1. The van der Waals surface area contributed by atoms with Gasteiger partial charge < -0.3 is 24.6 Å². The molecule has 0 bridgehead atoms. The van der Waals surface area contributed by atoms with Gasteiger partial charge in [-0.2, -0.15) is 0 Å². The Kier molecular flexibility index (Phi) is 10.3. The van der Waals surface area contributed by atoms with Gasteiger partial charge in [-0.1, -0.05) is 27.7 Å². The lowest BCUT2D eigenvalue weighted by Crippen LogP contribution is -2.48. The number of nitrogens with zero attached hydrogens (tertiary/aromatic N) is 1. The summed E-state index contributed by atoms with van der Waals surface area (Å²) < 4.78 is 30.2. The van der Waals surface area contributed by atoms with E-state index in [9.17, 15) is 19.1 Å². The van der Waals surface area contributed by atoms with Crippen molar-refractivity contribution < 1.29 is 33.3 Å². The Balaban J connectivity index is 2.19. The summed E-state index contributed by atoms with van der Waals surface area (Å²) in [5.41, 5.74) is -0.259. The number of nitrogens with one attached hydrogen (secondary N) is 1. The van der Waals surface area contributed by atoms with Crippen LogP contribution in [0.1, 0.15) is 57.9 Å². The molecule has 1 aromatic heterocycles. The highest BCUT2D eigenvalue weighted by Crippen LogP contribution is 2.28. The second-order valence-corrected chi connectivity index (χ2v) is 8.66. The number of esters is 1. The molecule has 1 heterocycles. The van der Waals surface area contributed by atoms with Crippen molar-refractivity contribution in [3.05, 3.63) is 48.0 Å². The molecule has 1 aromatic carbocycles. The molecule has 35 heavy (non-hydrogen) atoms. The number of aromatic nitrogens is 1. The molecular weight excluding hydrogens is 455 g/mol. The zero-order chi connectivity index (χ0) is 26.1. The molecule has 0 unspecified atom stereocenters. The Bertz CT molecular complexity index is 978. The van der Waals surface area contributed by atoms with Crippen LogP contribution in [0.4, 0.5) is 4.39 Å². The minimum Gasteiger partial charge on any atom is -0.503 e. The molecule has 0 aliphatic carbocycles. The highest BCUT2D eigenvalue weighted by atomic mass is 19.1. The summed E-state index contributed by atoms with van der Waals surface area (Å²) in [5.74, 6) is -1.83. The van der Waals surface area contributed by atoms with E-state index in [1.54, 1.807) is 20.8 Å². The van der Waals surface area contributed by atoms with Crippen molar-refractivity contribution in [2.24, 2.45) is 11.8 Å². The van der Waals surface area contributed by atoms with E-state index >= 15 is 0 Å². The largest absolute Gasteiger partial charge is 0.503 e. The SMILES string of the molecule is CCC(CC)[C@@H](Oc1ccc(F)cc1)[C@H](C)OC(=O)[C@@H](NC(=O)c1nccc(OC)c1O)C(C)C. The van der Waals surface area contributed by atoms with Crippen molar-refractivity contribution in [2.45, 2.75) is 65.7 Å². The summed E-state index contributed by atoms with van der Waals surface area (Å²) >= 11 is 0. The fourth-order valence-electron chi connectivity index (χ4n) is 3.80. The maximum atomic E-state index is 13.3. The predicted octanol–water partition coefficient (Wildman–Crippen LogP) is 4.50. The van der Waals surface area contributed by atoms with Crippen molar-refractivity contribution in [3.63, 3.8) is 0 Å².